The number of fused-ring (bicyclic) bond motifs is 1. The molecule has 1 aliphatic heterocycles. The summed E-state index contributed by atoms with van der Waals surface area (Å²) in [4.78, 5) is 13.7. The van der Waals surface area contributed by atoms with E-state index in [1.165, 1.54) is 5.56 Å². The number of rotatable bonds is 9. The van der Waals surface area contributed by atoms with Crippen molar-refractivity contribution in [3.63, 3.8) is 0 Å². The fourth-order valence-corrected chi connectivity index (χ4v) is 5.38. The molecule has 0 bridgehead atoms. The lowest BCUT2D eigenvalue weighted by Crippen LogP contribution is -2.60. The maximum absolute atomic E-state index is 13.7. The van der Waals surface area contributed by atoms with Gasteiger partial charge in [-0.3, -0.25) is 4.79 Å². The number of aryl methyl sites for hydroxylation is 1. The van der Waals surface area contributed by atoms with E-state index in [1.54, 1.807) is 0 Å². The van der Waals surface area contributed by atoms with Crippen LogP contribution in [0.1, 0.15) is 56.2 Å². The molecule has 0 spiro atoms. The topological polar surface area (TPSA) is 66.0 Å². The van der Waals surface area contributed by atoms with Crippen molar-refractivity contribution in [1.82, 2.24) is 5.32 Å². The van der Waals surface area contributed by atoms with E-state index in [2.05, 4.69) is 36.5 Å². The summed E-state index contributed by atoms with van der Waals surface area (Å²) in [6.07, 6.45) is 2.16. The van der Waals surface area contributed by atoms with Gasteiger partial charge in [0.15, 0.2) is 11.4 Å². The van der Waals surface area contributed by atoms with Gasteiger partial charge in [0.25, 0.3) is 5.91 Å². The monoisotopic (exact) mass is 513 g/mol. The summed E-state index contributed by atoms with van der Waals surface area (Å²) in [5, 5.41) is 3.80. The SMILES string of the molecule is Cc1ccc(CO[C@@H]2C[C@](OCc3cccc(Cl)c3)(C(=O)NCC3CC3)C[C@H]3OC(C)(C)O[C@@H]23)cc1. The molecule has 3 fully saturated rings. The Balaban J connectivity index is 1.39. The summed E-state index contributed by atoms with van der Waals surface area (Å²) < 4.78 is 25.5. The van der Waals surface area contributed by atoms with Crippen molar-refractivity contribution in [2.75, 3.05) is 6.54 Å². The summed E-state index contributed by atoms with van der Waals surface area (Å²) in [6, 6.07) is 15.8. The first kappa shape index (κ1) is 25.7. The van der Waals surface area contributed by atoms with E-state index in [1.807, 2.05) is 38.1 Å². The average molecular weight is 514 g/mol. The van der Waals surface area contributed by atoms with E-state index < -0.39 is 11.4 Å². The fourth-order valence-electron chi connectivity index (χ4n) is 5.16. The molecule has 7 heteroatoms. The van der Waals surface area contributed by atoms with E-state index in [0.717, 1.165) is 24.0 Å². The molecule has 2 aromatic carbocycles. The minimum absolute atomic E-state index is 0.105. The number of amides is 1. The zero-order valence-corrected chi connectivity index (χ0v) is 22.1. The van der Waals surface area contributed by atoms with Crippen LogP contribution in [0, 0.1) is 12.8 Å². The van der Waals surface area contributed by atoms with E-state index in [9.17, 15) is 4.79 Å². The number of hydrogen-bond acceptors (Lipinski definition) is 5. The Morgan fingerprint density at radius 1 is 1.06 bits per heavy atom. The van der Waals surface area contributed by atoms with Crippen LogP contribution in [0.25, 0.3) is 0 Å². The standard InChI is InChI=1S/C29H36ClNO5/c1-19-7-9-21(10-8-19)17-33-24-14-29(27(32)31-16-20-11-12-20,15-25-26(24)36-28(2,3)35-25)34-18-22-5-4-6-23(30)13-22/h4-10,13,20,24-26H,11-12,14-18H2,1-3H3,(H,31,32)/t24-,25-,26+,29-/m1/s1. The summed E-state index contributed by atoms with van der Waals surface area (Å²) in [6.45, 7) is 7.24. The van der Waals surface area contributed by atoms with Gasteiger partial charge in [0, 0.05) is 24.4 Å². The van der Waals surface area contributed by atoms with E-state index in [0.29, 0.717) is 36.9 Å². The Kier molecular flexibility index (Phi) is 7.44. The predicted molar refractivity (Wildman–Crippen MR) is 138 cm³/mol. The summed E-state index contributed by atoms with van der Waals surface area (Å²) in [7, 11) is 0. The second-order valence-electron chi connectivity index (χ2n) is 10.9. The first-order valence-electron chi connectivity index (χ1n) is 12.9. The molecule has 0 radical (unpaired) electrons. The second-order valence-corrected chi connectivity index (χ2v) is 11.4. The van der Waals surface area contributed by atoms with Crippen LogP contribution in [0.4, 0.5) is 0 Å². The molecule has 1 saturated heterocycles. The normalized spacial score (nSPS) is 29.1. The number of carbonyl (C=O) groups excluding carboxylic acids is 1. The highest BCUT2D eigenvalue weighted by Crippen LogP contribution is 2.44. The van der Waals surface area contributed by atoms with Crippen LogP contribution in [0.5, 0.6) is 0 Å². The molecule has 3 aliphatic rings. The van der Waals surface area contributed by atoms with Gasteiger partial charge in [0.05, 0.1) is 25.4 Å². The number of ether oxygens (including phenoxy) is 4. The number of hydrogen-bond donors (Lipinski definition) is 1. The zero-order valence-electron chi connectivity index (χ0n) is 21.3. The van der Waals surface area contributed by atoms with E-state index in [-0.39, 0.29) is 30.8 Å². The Bertz CT molecular complexity index is 1070. The van der Waals surface area contributed by atoms with Crippen molar-refractivity contribution in [3.05, 3.63) is 70.2 Å². The summed E-state index contributed by atoms with van der Waals surface area (Å²) in [5.74, 6) is -0.296. The molecule has 2 saturated carbocycles. The summed E-state index contributed by atoms with van der Waals surface area (Å²) >= 11 is 6.20. The largest absolute Gasteiger partial charge is 0.371 e. The lowest BCUT2D eigenvalue weighted by atomic mass is 9.78. The highest BCUT2D eigenvalue weighted by molar-refractivity contribution is 6.30. The van der Waals surface area contributed by atoms with Gasteiger partial charge in [0.2, 0.25) is 0 Å². The summed E-state index contributed by atoms with van der Waals surface area (Å²) in [5.41, 5.74) is 2.09. The maximum atomic E-state index is 13.7. The van der Waals surface area contributed by atoms with Crippen molar-refractivity contribution in [1.29, 1.82) is 0 Å². The third kappa shape index (κ3) is 6.12. The molecule has 0 aromatic heterocycles. The third-order valence-corrected chi connectivity index (χ3v) is 7.54. The third-order valence-electron chi connectivity index (χ3n) is 7.30. The van der Waals surface area contributed by atoms with Crippen molar-refractivity contribution >= 4 is 17.5 Å². The molecule has 1 amide bonds. The first-order valence-corrected chi connectivity index (χ1v) is 13.3. The van der Waals surface area contributed by atoms with Crippen LogP contribution in [-0.2, 0) is 37.0 Å². The van der Waals surface area contributed by atoms with Gasteiger partial charge in [-0.25, -0.2) is 0 Å². The Morgan fingerprint density at radius 2 is 1.83 bits per heavy atom. The van der Waals surface area contributed by atoms with Crippen molar-refractivity contribution in [2.45, 2.75) is 89.4 Å². The molecule has 36 heavy (non-hydrogen) atoms. The van der Waals surface area contributed by atoms with Crippen LogP contribution >= 0.6 is 11.6 Å². The highest BCUT2D eigenvalue weighted by Gasteiger charge is 2.58. The molecule has 5 rings (SSSR count). The molecule has 1 N–H and O–H groups in total. The van der Waals surface area contributed by atoms with Gasteiger partial charge in [0.1, 0.15) is 6.10 Å². The maximum Gasteiger partial charge on any atom is 0.252 e. The number of carbonyl (C=O) groups is 1. The molecular formula is C29H36ClNO5. The van der Waals surface area contributed by atoms with Crippen molar-refractivity contribution < 1.29 is 23.7 Å². The van der Waals surface area contributed by atoms with Gasteiger partial charge in [-0.1, -0.05) is 53.6 Å². The minimum atomic E-state index is -1.10. The van der Waals surface area contributed by atoms with Crippen LogP contribution in [-0.4, -0.2) is 42.2 Å². The quantitative estimate of drug-likeness (QED) is 0.491. The van der Waals surface area contributed by atoms with Gasteiger partial charge in [-0.2, -0.15) is 0 Å². The second kappa shape index (κ2) is 10.4. The molecule has 2 aromatic rings. The smallest absolute Gasteiger partial charge is 0.252 e. The predicted octanol–water partition coefficient (Wildman–Crippen LogP) is 5.33. The van der Waals surface area contributed by atoms with Crippen LogP contribution in [0.15, 0.2) is 48.5 Å². The fraction of sp³-hybridized carbons (Fsp3) is 0.552. The average Bonchev–Trinajstić information content (AvgIpc) is 3.61. The van der Waals surface area contributed by atoms with Crippen LogP contribution in [0.2, 0.25) is 5.02 Å². The number of nitrogens with one attached hydrogen (secondary N) is 1. The van der Waals surface area contributed by atoms with Gasteiger partial charge < -0.3 is 24.3 Å². The van der Waals surface area contributed by atoms with Gasteiger partial charge in [-0.15, -0.1) is 0 Å². The lowest BCUT2D eigenvalue weighted by molar-refractivity contribution is -0.183. The van der Waals surface area contributed by atoms with Crippen molar-refractivity contribution in [2.24, 2.45) is 5.92 Å². The lowest BCUT2D eigenvalue weighted by Gasteiger charge is -2.43. The molecule has 6 nitrogen and oxygen atoms in total. The molecule has 1 heterocycles. The Morgan fingerprint density at radius 3 is 2.56 bits per heavy atom. The Labute approximate surface area is 218 Å². The van der Waals surface area contributed by atoms with Crippen molar-refractivity contribution in [3.8, 4) is 0 Å². The Hall–Kier alpha value is -1.96. The van der Waals surface area contributed by atoms with E-state index in [4.69, 9.17) is 30.5 Å². The van der Waals surface area contributed by atoms with E-state index >= 15 is 0 Å². The number of benzene rings is 2. The molecule has 0 unspecified atom stereocenters. The first-order chi connectivity index (χ1) is 17.2. The van der Waals surface area contributed by atoms with Gasteiger partial charge >= 0.3 is 0 Å². The zero-order chi connectivity index (χ0) is 25.3. The molecule has 194 valence electrons. The van der Waals surface area contributed by atoms with Crippen LogP contribution < -0.4 is 5.32 Å². The number of halogens is 1. The molecular weight excluding hydrogens is 478 g/mol. The molecule has 2 aliphatic carbocycles. The highest BCUT2D eigenvalue weighted by atomic mass is 35.5. The van der Waals surface area contributed by atoms with Crippen LogP contribution in [0.3, 0.4) is 0 Å². The molecule has 4 atom stereocenters. The minimum Gasteiger partial charge on any atom is -0.371 e. The van der Waals surface area contributed by atoms with Gasteiger partial charge in [-0.05, 0) is 62.8 Å².